The highest BCUT2D eigenvalue weighted by Gasteiger charge is 2.82. The molecule has 2 nitrogen and oxygen atoms in total. The summed E-state index contributed by atoms with van der Waals surface area (Å²) in [6.07, 6.45) is 5.62. The molecule has 1 N–H and O–H groups in total. The number of piperidine rings is 1. The van der Waals surface area contributed by atoms with Crippen LogP contribution < -0.4 is 10.1 Å². The molecular formula is C22H23NO. The first kappa shape index (κ1) is 13.5. The third kappa shape index (κ3) is 1.32. The van der Waals surface area contributed by atoms with Gasteiger partial charge in [0, 0.05) is 23.4 Å². The van der Waals surface area contributed by atoms with Crippen LogP contribution in [-0.2, 0) is 17.4 Å². The van der Waals surface area contributed by atoms with Crippen molar-refractivity contribution in [3.63, 3.8) is 0 Å². The van der Waals surface area contributed by atoms with Crippen LogP contribution in [0.4, 0.5) is 0 Å². The van der Waals surface area contributed by atoms with E-state index in [-0.39, 0.29) is 0 Å². The molecule has 4 unspecified atom stereocenters. The average molecular weight is 317 g/mol. The van der Waals surface area contributed by atoms with Crippen molar-refractivity contribution >= 4 is 0 Å². The van der Waals surface area contributed by atoms with Crippen LogP contribution in [0.3, 0.4) is 0 Å². The Kier molecular flexibility index (Phi) is 2.49. The zero-order valence-corrected chi connectivity index (χ0v) is 13.9. The molecule has 2 heteroatoms. The molecule has 0 aromatic heterocycles. The van der Waals surface area contributed by atoms with Gasteiger partial charge in [-0.05, 0) is 47.6 Å². The Hall–Kier alpha value is -1.80. The van der Waals surface area contributed by atoms with Crippen molar-refractivity contribution in [3.8, 4) is 5.75 Å². The highest BCUT2D eigenvalue weighted by Crippen LogP contribution is 2.78. The van der Waals surface area contributed by atoms with E-state index in [9.17, 15) is 0 Å². The van der Waals surface area contributed by atoms with Crippen LogP contribution in [-0.4, -0.2) is 12.6 Å². The van der Waals surface area contributed by atoms with Crippen LogP contribution >= 0.6 is 0 Å². The van der Waals surface area contributed by atoms with E-state index < -0.39 is 0 Å². The Labute approximate surface area is 143 Å². The molecule has 4 aliphatic rings. The number of benzene rings is 2. The molecule has 2 aromatic rings. The normalized spacial score (nSPS) is 37.5. The van der Waals surface area contributed by atoms with Gasteiger partial charge in [0.1, 0.15) is 12.4 Å². The SMILES string of the molecule is c1ccc(COc2ccc3c(c2)C24CCCCC2C2NCC324)cc1. The van der Waals surface area contributed by atoms with E-state index in [2.05, 4.69) is 53.8 Å². The zero-order valence-electron chi connectivity index (χ0n) is 13.9. The Bertz CT molecular complexity index is 816. The summed E-state index contributed by atoms with van der Waals surface area (Å²) >= 11 is 0. The van der Waals surface area contributed by atoms with Gasteiger partial charge in [0.25, 0.3) is 0 Å². The lowest BCUT2D eigenvalue weighted by Crippen LogP contribution is -2.92. The van der Waals surface area contributed by atoms with E-state index >= 15 is 0 Å². The van der Waals surface area contributed by atoms with Gasteiger partial charge in [0.2, 0.25) is 0 Å². The summed E-state index contributed by atoms with van der Waals surface area (Å²) in [6.45, 7) is 1.86. The molecule has 3 fully saturated rings. The monoisotopic (exact) mass is 317 g/mol. The van der Waals surface area contributed by atoms with Gasteiger partial charge in [-0.2, -0.15) is 0 Å². The summed E-state index contributed by atoms with van der Waals surface area (Å²) in [5.74, 6) is 1.92. The number of fused-ring (bicyclic) bond motifs is 2. The van der Waals surface area contributed by atoms with E-state index in [0.717, 1.165) is 17.7 Å². The third-order valence-corrected chi connectivity index (χ3v) is 7.50. The van der Waals surface area contributed by atoms with E-state index in [0.29, 0.717) is 17.4 Å². The molecule has 1 saturated heterocycles. The number of hydrogen-bond acceptors (Lipinski definition) is 2. The van der Waals surface area contributed by atoms with Crippen molar-refractivity contribution in [2.45, 2.75) is 49.2 Å². The average Bonchev–Trinajstić information content (AvgIpc) is 2.61. The quantitative estimate of drug-likeness (QED) is 0.926. The molecule has 0 bridgehead atoms. The highest BCUT2D eigenvalue weighted by atomic mass is 16.5. The second kappa shape index (κ2) is 4.43. The van der Waals surface area contributed by atoms with Crippen molar-refractivity contribution in [1.82, 2.24) is 5.32 Å². The molecule has 2 saturated carbocycles. The molecule has 122 valence electrons. The second-order valence-corrected chi connectivity index (χ2v) is 8.14. The van der Waals surface area contributed by atoms with Gasteiger partial charge in [-0.25, -0.2) is 0 Å². The van der Waals surface area contributed by atoms with Crippen molar-refractivity contribution in [2.75, 3.05) is 6.54 Å². The number of nitrogens with one attached hydrogen (secondary N) is 1. The molecule has 0 radical (unpaired) electrons. The van der Waals surface area contributed by atoms with Gasteiger partial charge < -0.3 is 10.1 Å². The zero-order chi connectivity index (χ0) is 15.8. The van der Waals surface area contributed by atoms with E-state index in [1.54, 1.807) is 11.1 Å². The van der Waals surface area contributed by atoms with Gasteiger partial charge >= 0.3 is 0 Å². The lowest BCUT2D eigenvalue weighted by molar-refractivity contribution is -0.171. The number of ether oxygens (including phenoxy) is 1. The minimum absolute atomic E-state index is 0.489. The summed E-state index contributed by atoms with van der Waals surface area (Å²) in [5.41, 5.74) is 5.46. The molecule has 24 heavy (non-hydrogen) atoms. The molecule has 1 aliphatic heterocycles. The molecule has 3 aliphatic carbocycles. The molecular weight excluding hydrogens is 294 g/mol. The predicted molar refractivity (Wildman–Crippen MR) is 94.3 cm³/mol. The minimum Gasteiger partial charge on any atom is -0.489 e. The summed E-state index contributed by atoms with van der Waals surface area (Å²) in [7, 11) is 0. The van der Waals surface area contributed by atoms with Crippen molar-refractivity contribution in [1.29, 1.82) is 0 Å². The van der Waals surface area contributed by atoms with Gasteiger partial charge in [0.15, 0.2) is 0 Å². The molecule has 0 amide bonds. The topological polar surface area (TPSA) is 21.3 Å². The Balaban J connectivity index is 1.32. The van der Waals surface area contributed by atoms with Crippen LogP contribution in [0, 0.1) is 5.92 Å². The highest BCUT2D eigenvalue weighted by molar-refractivity contribution is 5.67. The second-order valence-electron chi connectivity index (χ2n) is 8.14. The van der Waals surface area contributed by atoms with E-state index in [1.165, 1.54) is 37.8 Å². The van der Waals surface area contributed by atoms with Crippen LogP contribution in [0.1, 0.15) is 42.4 Å². The largest absolute Gasteiger partial charge is 0.489 e. The fraction of sp³-hybridized carbons (Fsp3) is 0.455. The standard InChI is InChI=1S/C22H23NO/c1-2-6-15(7-3-1)13-24-16-9-10-17-19(12-16)21-11-5-4-8-18(21)20-22(17,21)14-23-20/h1-3,6-7,9-10,12,18,20,23H,4-5,8,11,13-14H2. The number of hydrogen-bond donors (Lipinski definition) is 1. The van der Waals surface area contributed by atoms with Gasteiger partial charge in [-0.15, -0.1) is 0 Å². The van der Waals surface area contributed by atoms with E-state index in [4.69, 9.17) is 4.74 Å². The Morgan fingerprint density at radius 1 is 1.00 bits per heavy atom. The van der Waals surface area contributed by atoms with Crippen molar-refractivity contribution < 1.29 is 4.74 Å². The summed E-state index contributed by atoms with van der Waals surface area (Å²) in [4.78, 5) is 0. The maximum Gasteiger partial charge on any atom is 0.120 e. The summed E-state index contributed by atoms with van der Waals surface area (Å²) < 4.78 is 6.11. The van der Waals surface area contributed by atoms with Crippen LogP contribution in [0.15, 0.2) is 48.5 Å². The lowest BCUT2D eigenvalue weighted by atomic mass is 9.24. The molecule has 1 heterocycles. The van der Waals surface area contributed by atoms with E-state index in [1.807, 2.05) is 0 Å². The van der Waals surface area contributed by atoms with Crippen molar-refractivity contribution in [3.05, 3.63) is 65.2 Å². The molecule has 2 spiro atoms. The molecule has 2 aromatic carbocycles. The predicted octanol–water partition coefficient (Wildman–Crippen LogP) is 3.93. The molecule has 6 rings (SSSR count). The first-order valence-corrected chi connectivity index (χ1v) is 9.41. The third-order valence-electron chi connectivity index (χ3n) is 7.50. The van der Waals surface area contributed by atoms with Gasteiger partial charge in [-0.1, -0.05) is 49.2 Å². The van der Waals surface area contributed by atoms with Gasteiger partial charge in [-0.3, -0.25) is 0 Å². The van der Waals surface area contributed by atoms with Crippen LogP contribution in [0.2, 0.25) is 0 Å². The minimum atomic E-state index is 0.489. The fourth-order valence-corrected chi connectivity index (χ4v) is 6.58. The van der Waals surface area contributed by atoms with Crippen LogP contribution in [0.5, 0.6) is 5.75 Å². The Morgan fingerprint density at radius 3 is 2.75 bits per heavy atom. The fourth-order valence-electron chi connectivity index (χ4n) is 6.58. The van der Waals surface area contributed by atoms with Gasteiger partial charge in [0.05, 0.1) is 0 Å². The van der Waals surface area contributed by atoms with Crippen molar-refractivity contribution in [2.24, 2.45) is 5.92 Å². The maximum atomic E-state index is 6.11. The van der Waals surface area contributed by atoms with Crippen LogP contribution in [0.25, 0.3) is 0 Å². The lowest BCUT2D eigenvalue weighted by Gasteiger charge is -2.83. The summed E-state index contributed by atoms with van der Waals surface area (Å²) in [5, 5.41) is 3.73. The first-order chi connectivity index (χ1) is 11.9. The first-order valence-electron chi connectivity index (χ1n) is 9.41. The maximum absolute atomic E-state index is 6.11. The molecule has 4 atom stereocenters. The number of rotatable bonds is 3. The smallest absolute Gasteiger partial charge is 0.120 e. The summed E-state index contributed by atoms with van der Waals surface area (Å²) in [6, 6.07) is 18.1. The Morgan fingerprint density at radius 2 is 1.92 bits per heavy atom.